The van der Waals surface area contributed by atoms with E-state index in [-0.39, 0.29) is 0 Å². The Morgan fingerprint density at radius 2 is 1.77 bits per heavy atom. The van der Waals surface area contributed by atoms with E-state index in [1.54, 1.807) is 14.2 Å². The summed E-state index contributed by atoms with van der Waals surface area (Å²) in [4.78, 5) is 2.58. The summed E-state index contributed by atoms with van der Waals surface area (Å²) in [6.07, 6.45) is 1.15. The van der Waals surface area contributed by atoms with Crippen molar-refractivity contribution in [1.82, 2.24) is 10.2 Å². The minimum absolute atomic E-state index is 0.390. The molecule has 0 radical (unpaired) electrons. The lowest BCUT2D eigenvalue weighted by Gasteiger charge is -2.39. The summed E-state index contributed by atoms with van der Waals surface area (Å²) < 4.78 is 12.0. The first-order chi connectivity index (χ1) is 10.6. The lowest BCUT2D eigenvalue weighted by atomic mass is 9.90. The van der Waals surface area contributed by atoms with E-state index in [0.29, 0.717) is 12.0 Å². The highest BCUT2D eigenvalue weighted by Gasteiger charge is 2.29. The van der Waals surface area contributed by atoms with Crippen molar-refractivity contribution in [3.05, 3.63) is 22.2 Å². The maximum atomic E-state index is 5.51. The molecule has 2 rings (SSSR count). The van der Waals surface area contributed by atoms with Crippen LogP contribution in [-0.2, 0) is 0 Å². The van der Waals surface area contributed by atoms with Crippen LogP contribution in [0.1, 0.15) is 31.9 Å². The van der Waals surface area contributed by atoms with Gasteiger partial charge in [-0.25, -0.2) is 0 Å². The first-order valence-corrected chi connectivity index (χ1v) is 8.77. The van der Waals surface area contributed by atoms with E-state index < -0.39 is 0 Å². The van der Waals surface area contributed by atoms with Crippen molar-refractivity contribution in [3.63, 3.8) is 0 Å². The molecule has 1 aliphatic heterocycles. The standard InChI is InChI=1S/C17H27BrN2O2/c1-5-12(2)17(20-8-6-19-7-9-20)13-10-15(21-3)16(22-4)11-14(13)18/h10-12,17,19H,5-9H2,1-4H3/t12?,17-/m1/s1. The van der Waals surface area contributed by atoms with E-state index in [0.717, 1.165) is 48.6 Å². The van der Waals surface area contributed by atoms with Crippen molar-refractivity contribution < 1.29 is 9.47 Å². The maximum Gasteiger partial charge on any atom is 0.161 e. The summed E-state index contributed by atoms with van der Waals surface area (Å²) >= 11 is 3.74. The van der Waals surface area contributed by atoms with E-state index in [9.17, 15) is 0 Å². The van der Waals surface area contributed by atoms with Crippen LogP contribution in [0.25, 0.3) is 0 Å². The predicted molar refractivity (Wildman–Crippen MR) is 93.9 cm³/mol. The SMILES string of the molecule is CCC(C)[C@H](c1cc(OC)c(OC)cc1Br)N1CCNCC1. The number of hydrogen-bond acceptors (Lipinski definition) is 4. The molecule has 0 bridgehead atoms. The average Bonchev–Trinajstić information content (AvgIpc) is 2.56. The number of rotatable bonds is 6. The summed E-state index contributed by atoms with van der Waals surface area (Å²) in [5.41, 5.74) is 1.29. The Balaban J connectivity index is 2.41. The highest BCUT2D eigenvalue weighted by molar-refractivity contribution is 9.10. The van der Waals surface area contributed by atoms with Crippen LogP contribution < -0.4 is 14.8 Å². The van der Waals surface area contributed by atoms with Crippen molar-refractivity contribution >= 4 is 15.9 Å². The van der Waals surface area contributed by atoms with E-state index in [1.165, 1.54) is 5.56 Å². The van der Waals surface area contributed by atoms with E-state index >= 15 is 0 Å². The van der Waals surface area contributed by atoms with Gasteiger partial charge in [0.25, 0.3) is 0 Å². The molecule has 1 N–H and O–H groups in total. The molecule has 22 heavy (non-hydrogen) atoms. The molecule has 0 amide bonds. The zero-order chi connectivity index (χ0) is 16.1. The molecule has 4 nitrogen and oxygen atoms in total. The summed E-state index contributed by atoms with van der Waals surface area (Å²) in [6, 6.07) is 4.54. The Labute approximate surface area is 142 Å². The molecule has 124 valence electrons. The number of benzene rings is 1. The molecule has 1 fully saturated rings. The fourth-order valence-corrected chi connectivity index (χ4v) is 3.70. The van der Waals surface area contributed by atoms with Gasteiger partial charge in [-0.1, -0.05) is 36.2 Å². The molecule has 0 saturated carbocycles. The molecule has 2 atom stereocenters. The van der Waals surface area contributed by atoms with Gasteiger partial charge in [-0.2, -0.15) is 0 Å². The third kappa shape index (κ3) is 3.76. The number of nitrogens with zero attached hydrogens (tertiary/aromatic N) is 1. The fraction of sp³-hybridized carbons (Fsp3) is 0.647. The molecule has 0 aliphatic carbocycles. The van der Waals surface area contributed by atoms with E-state index in [2.05, 4.69) is 46.1 Å². The number of piperazine rings is 1. The monoisotopic (exact) mass is 370 g/mol. The van der Waals surface area contributed by atoms with Gasteiger partial charge in [-0.15, -0.1) is 0 Å². The normalized spacial score (nSPS) is 18.8. The first kappa shape index (κ1) is 17.6. The number of methoxy groups -OCH3 is 2. The van der Waals surface area contributed by atoms with Crippen LogP contribution in [0.15, 0.2) is 16.6 Å². The Bertz CT molecular complexity index is 490. The second-order valence-electron chi connectivity index (χ2n) is 5.85. The van der Waals surface area contributed by atoms with Crippen LogP contribution in [0.4, 0.5) is 0 Å². The van der Waals surface area contributed by atoms with Crippen LogP contribution in [0.3, 0.4) is 0 Å². The van der Waals surface area contributed by atoms with Crippen LogP contribution in [0.2, 0.25) is 0 Å². The zero-order valence-corrected chi connectivity index (χ0v) is 15.6. The van der Waals surface area contributed by atoms with Crippen molar-refractivity contribution in [2.24, 2.45) is 5.92 Å². The van der Waals surface area contributed by atoms with Crippen LogP contribution >= 0.6 is 15.9 Å². The molecule has 1 aliphatic rings. The molecule has 5 heteroatoms. The summed E-state index contributed by atoms with van der Waals surface area (Å²) in [5.74, 6) is 2.14. The number of ether oxygens (including phenoxy) is 2. The van der Waals surface area contributed by atoms with Crippen molar-refractivity contribution in [2.45, 2.75) is 26.3 Å². The highest BCUT2D eigenvalue weighted by atomic mass is 79.9. The lowest BCUT2D eigenvalue weighted by Crippen LogP contribution is -2.46. The van der Waals surface area contributed by atoms with Gasteiger partial charge in [0, 0.05) is 36.7 Å². The Morgan fingerprint density at radius 3 is 2.32 bits per heavy atom. The van der Waals surface area contributed by atoms with Gasteiger partial charge in [0.2, 0.25) is 0 Å². The summed E-state index contributed by atoms with van der Waals surface area (Å²) in [7, 11) is 3.37. The topological polar surface area (TPSA) is 33.7 Å². The minimum atomic E-state index is 0.390. The number of hydrogen-bond donors (Lipinski definition) is 1. The average molecular weight is 371 g/mol. The van der Waals surface area contributed by atoms with Gasteiger partial charge >= 0.3 is 0 Å². The second kappa shape index (κ2) is 8.18. The van der Waals surface area contributed by atoms with Crippen LogP contribution in [0.5, 0.6) is 11.5 Å². The van der Waals surface area contributed by atoms with Crippen molar-refractivity contribution in [1.29, 1.82) is 0 Å². The Hall–Kier alpha value is -0.780. The summed E-state index contributed by atoms with van der Waals surface area (Å²) in [5, 5.41) is 3.44. The Kier molecular flexibility index (Phi) is 6.53. The number of halogens is 1. The molecule has 1 heterocycles. The number of nitrogens with one attached hydrogen (secondary N) is 1. The predicted octanol–water partition coefficient (Wildman–Crippen LogP) is 3.46. The summed E-state index contributed by atoms with van der Waals surface area (Å²) in [6.45, 7) is 8.85. The fourth-order valence-electron chi connectivity index (χ4n) is 3.14. The molecule has 0 aromatic heterocycles. The molecular formula is C17H27BrN2O2. The Morgan fingerprint density at radius 1 is 1.18 bits per heavy atom. The lowest BCUT2D eigenvalue weighted by molar-refractivity contribution is 0.127. The quantitative estimate of drug-likeness (QED) is 0.831. The van der Waals surface area contributed by atoms with Gasteiger partial charge in [0.15, 0.2) is 11.5 Å². The molecule has 0 spiro atoms. The van der Waals surface area contributed by atoms with Crippen LogP contribution in [0, 0.1) is 5.92 Å². The molecule has 1 aromatic rings. The largest absolute Gasteiger partial charge is 0.493 e. The molecule has 1 unspecified atom stereocenters. The van der Waals surface area contributed by atoms with Gasteiger partial charge in [-0.05, 0) is 23.6 Å². The zero-order valence-electron chi connectivity index (χ0n) is 14.0. The van der Waals surface area contributed by atoms with Gasteiger partial charge < -0.3 is 14.8 Å². The van der Waals surface area contributed by atoms with Crippen molar-refractivity contribution in [3.8, 4) is 11.5 Å². The first-order valence-electron chi connectivity index (χ1n) is 7.98. The van der Waals surface area contributed by atoms with E-state index in [1.807, 2.05) is 6.07 Å². The highest BCUT2D eigenvalue weighted by Crippen LogP contribution is 2.41. The molecule has 1 aromatic carbocycles. The van der Waals surface area contributed by atoms with Gasteiger partial charge in [0.1, 0.15) is 0 Å². The van der Waals surface area contributed by atoms with E-state index in [4.69, 9.17) is 9.47 Å². The van der Waals surface area contributed by atoms with Crippen molar-refractivity contribution in [2.75, 3.05) is 40.4 Å². The van der Waals surface area contributed by atoms with Crippen LogP contribution in [-0.4, -0.2) is 45.3 Å². The smallest absolute Gasteiger partial charge is 0.161 e. The van der Waals surface area contributed by atoms with Gasteiger partial charge in [-0.3, -0.25) is 4.90 Å². The third-order valence-corrected chi connectivity index (χ3v) is 5.24. The van der Waals surface area contributed by atoms with Gasteiger partial charge in [0.05, 0.1) is 14.2 Å². The minimum Gasteiger partial charge on any atom is -0.493 e. The molecule has 1 saturated heterocycles. The third-order valence-electron chi connectivity index (χ3n) is 4.55. The second-order valence-corrected chi connectivity index (χ2v) is 6.70. The maximum absolute atomic E-state index is 5.51. The molecular weight excluding hydrogens is 344 g/mol.